The molecule has 0 saturated carbocycles. The molecule has 1 heterocycles. The van der Waals surface area contributed by atoms with E-state index in [-0.39, 0.29) is 0 Å². The van der Waals surface area contributed by atoms with E-state index in [1.807, 2.05) is 30.5 Å². The van der Waals surface area contributed by atoms with Crippen molar-refractivity contribution in [3.05, 3.63) is 35.5 Å². The van der Waals surface area contributed by atoms with Crippen molar-refractivity contribution in [1.29, 1.82) is 0 Å². The van der Waals surface area contributed by atoms with E-state index in [9.17, 15) is 4.79 Å². The number of pyridine rings is 1. The van der Waals surface area contributed by atoms with Crippen molar-refractivity contribution in [2.45, 2.75) is 52.7 Å². The van der Waals surface area contributed by atoms with Gasteiger partial charge in [0.05, 0.1) is 5.52 Å². The zero-order chi connectivity index (χ0) is 21.1. The van der Waals surface area contributed by atoms with E-state index >= 15 is 0 Å². The van der Waals surface area contributed by atoms with Crippen LogP contribution in [0.2, 0.25) is 5.02 Å². The number of carbonyl (C=O) groups is 1. The second-order valence-corrected chi connectivity index (χ2v) is 7.19. The Labute approximate surface area is 172 Å². The van der Waals surface area contributed by atoms with Crippen LogP contribution >= 0.6 is 11.6 Å². The van der Waals surface area contributed by atoms with Crippen molar-refractivity contribution >= 4 is 34.2 Å². The van der Waals surface area contributed by atoms with E-state index in [1.54, 1.807) is 0 Å². The van der Waals surface area contributed by atoms with Crippen LogP contribution in [-0.2, 0) is 4.79 Å². The van der Waals surface area contributed by atoms with Gasteiger partial charge in [0, 0.05) is 28.3 Å². The number of halogens is 1. The molecular formula is C21H32ClN3O3. The fourth-order valence-electron chi connectivity index (χ4n) is 2.75. The second-order valence-electron chi connectivity index (χ2n) is 6.75. The first-order valence-electron chi connectivity index (χ1n) is 9.72. The Balaban J connectivity index is 0.000000568. The molecule has 6 nitrogen and oxygen atoms in total. The number of hydrogen-bond donors (Lipinski definition) is 3. The Bertz CT molecular complexity index is 736. The summed E-state index contributed by atoms with van der Waals surface area (Å²) in [5, 5.41) is 21.2. The van der Waals surface area contributed by atoms with Crippen molar-refractivity contribution in [2.75, 3.05) is 25.0 Å². The first-order valence-corrected chi connectivity index (χ1v) is 10.1. The number of fused-ring (bicyclic) bond motifs is 1. The number of benzene rings is 1. The topological polar surface area (TPSA) is 85.7 Å². The van der Waals surface area contributed by atoms with Crippen LogP contribution in [0.4, 0.5) is 5.69 Å². The molecule has 1 aromatic carbocycles. The van der Waals surface area contributed by atoms with Crippen molar-refractivity contribution in [2.24, 2.45) is 0 Å². The zero-order valence-electron chi connectivity index (χ0n) is 17.2. The minimum absolute atomic E-state index is 0.442. The Morgan fingerprint density at radius 1 is 1.25 bits per heavy atom. The van der Waals surface area contributed by atoms with Crippen LogP contribution in [0.1, 0.15) is 40.5 Å². The number of carboxylic acids is 1. The van der Waals surface area contributed by atoms with Gasteiger partial charge in [-0.1, -0.05) is 25.4 Å². The van der Waals surface area contributed by atoms with Gasteiger partial charge in [-0.3, -0.25) is 4.98 Å². The van der Waals surface area contributed by atoms with Gasteiger partial charge in [-0.25, -0.2) is 4.79 Å². The fraction of sp³-hybridized carbons (Fsp3) is 0.524. The number of hydrogen-bond acceptors (Lipinski definition) is 5. The second kappa shape index (κ2) is 12.5. The maximum absolute atomic E-state index is 9.45. The van der Waals surface area contributed by atoms with E-state index in [0.29, 0.717) is 6.04 Å². The molecule has 2 atom stereocenters. The lowest BCUT2D eigenvalue weighted by molar-refractivity contribution is -0.145. The molecule has 2 rings (SSSR count). The molecule has 0 aliphatic heterocycles. The number of anilines is 1. The molecule has 3 N–H and O–H groups in total. The van der Waals surface area contributed by atoms with Gasteiger partial charge in [-0.2, -0.15) is 0 Å². The summed E-state index contributed by atoms with van der Waals surface area (Å²) >= 11 is 6.04. The van der Waals surface area contributed by atoms with Gasteiger partial charge < -0.3 is 20.4 Å². The Morgan fingerprint density at radius 3 is 2.46 bits per heavy atom. The SMILES string of the molecule is CC(O)C(=O)O.CCN(CC)CCCC(C)Nc1ccnc2cc(Cl)ccc12. The van der Waals surface area contributed by atoms with Gasteiger partial charge in [0.2, 0.25) is 0 Å². The highest BCUT2D eigenvalue weighted by atomic mass is 35.5. The highest BCUT2D eigenvalue weighted by molar-refractivity contribution is 6.31. The van der Waals surface area contributed by atoms with Crippen LogP contribution in [0.3, 0.4) is 0 Å². The van der Waals surface area contributed by atoms with Crippen molar-refractivity contribution in [3.63, 3.8) is 0 Å². The van der Waals surface area contributed by atoms with Crippen molar-refractivity contribution < 1.29 is 15.0 Å². The third-order valence-corrected chi connectivity index (χ3v) is 4.71. The maximum atomic E-state index is 9.45. The Hall–Kier alpha value is -1.89. The predicted molar refractivity (Wildman–Crippen MR) is 116 cm³/mol. The average molecular weight is 410 g/mol. The maximum Gasteiger partial charge on any atom is 0.332 e. The summed E-state index contributed by atoms with van der Waals surface area (Å²) in [4.78, 5) is 16.3. The normalized spacial score (nSPS) is 13.0. The van der Waals surface area contributed by atoms with Gasteiger partial charge in [0.15, 0.2) is 0 Å². The lowest BCUT2D eigenvalue weighted by Gasteiger charge is -2.20. The fourth-order valence-corrected chi connectivity index (χ4v) is 2.91. The smallest absolute Gasteiger partial charge is 0.332 e. The van der Waals surface area contributed by atoms with Gasteiger partial charge in [-0.05, 0) is 70.6 Å². The summed E-state index contributed by atoms with van der Waals surface area (Å²) in [6.45, 7) is 11.3. The third kappa shape index (κ3) is 8.42. The van der Waals surface area contributed by atoms with E-state index in [2.05, 4.69) is 36.0 Å². The van der Waals surface area contributed by atoms with E-state index < -0.39 is 12.1 Å². The van der Waals surface area contributed by atoms with Crippen LogP contribution in [0, 0.1) is 0 Å². The molecule has 2 unspecified atom stereocenters. The molecule has 0 aliphatic rings. The molecule has 28 heavy (non-hydrogen) atoms. The summed E-state index contributed by atoms with van der Waals surface area (Å²) in [5.41, 5.74) is 2.07. The van der Waals surface area contributed by atoms with Gasteiger partial charge >= 0.3 is 5.97 Å². The predicted octanol–water partition coefficient (Wildman–Crippen LogP) is 4.26. The van der Waals surface area contributed by atoms with E-state index in [4.69, 9.17) is 21.8 Å². The Morgan fingerprint density at radius 2 is 1.89 bits per heavy atom. The van der Waals surface area contributed by atoms with Gasteiger partial charge in [0.1, 0.15) is 6.10 Å². The standard InChI is InChI=1S/C18H26ClN3.C3H6O3/c1-4-22(5-2)12-6-7-14(3)21-17-10-11-20-18-13-15(19)8-9-16(17)18;1-2(4)3(5)6/h8-11,13-14H,4-7,12H2,1-3H3,(H,20,21);2,4H,1H3,(H,5,6). The lowest BCUT2D eigenvalue weighted by Crippen LogP contribution is -2.25. The molecule has 2 aromatic rings. The minimum atomic E-state index is -1.23. The summed E-state index contributed by atoms with van der Waals surface area (Å²) in [7, 11) is 0. The van der Waals surface area contributed by atoms with E-state index in [0.717, 1.165) is 41.1 Å². The monoisotopic (exact) mass is 409 g/mol. The molecule has 0 spiro atoms. The molecule has 0 fully saturated rings. The summed E-state index contributed by atoms with van der Waals surface area (Å²) in [6, 6.07) is 8.35. The molecule has 0 radical (unpaired) electrons. The number of aliphatic hydroxyl groups excluding tert-OH is 1. The van der Waals surface area contributed by atoms with Crippen LogP contribution in [-0.4, -0.2) is 57.8 Å². The quantitative estimate of drug-likeness (QED) is 0.573. The van der Waals surface area contributed by atoms with Crippen LogP contribution in [0.25, 0.3) is 10.9 Å². The molecule has 156 valence electrons. The van der Waals surface area contributed by atoms with E-state index in [1.165, 1.54) is 19.9 Å². The zero-order valence-corrected chi connectivity index (χ0v) is 17.9. The molecule has 0 bridgehead atoms. The number of nitrogens with zero attached hydrogens (tertiary/aromatic N) is 2. The third-order valence-electron chi connectivity index (χ3n) is 4.47. The highest BCUT2D eigenvalue weighted by Gasteiger charge is 2.07. The van der Waals surface area contributed by atoms with Crippen LogP contribution in [0.15, 0.2) is 30.5 Å². The molecular weight excluding hydrogens is 378 g/mol. The molecule has 1 aromatic heterocycles. The lowest BCUT2D eigenvalue weighted by atomic mass is 10.1. The van der Waals surface area contributed by atoms with Gasteiger partial charge in [-0.15, -0.1) is 0 Å². The number of aliphatic hydroxyl groups is 1. The molecule has 0 amide bonds. The number of nitrogens with one attached hydrogen (secondary N) is 1. The minimum Gasteiger partial charge on any atom is -0.479 e. The number of rotatable bonds is 9. The number of aromatic nitrogens is 1. The summed E-state index contributed by atoms with van der Waals surface area (Å²) < 4.78 is 0. The number of carboxylic acid groups (broad SMARTS) is 1. The van der Waals surface area contributed by atoms with Crippen LogP contribution < -0.4 is 5.32 Å². The largest absolute Gasteiger partial charge is 0.479 e. The molecule has 0 aliphatic carbocycles. The van der Waals surface area contributed by atoms with Gasteiger partial charge in [0.25, 0.3) is 0 Å². The molecule has 0 saturated heterocycles. The molecule has 7 heteroatoms. The number of aliphatic carboxylic acids is 1. The Kier molecular flexibility index (Phi) is 10.8. The van der Waals surface area contributed by atoms with Crippen molar-refractivity contribution in [1.82, 2.24) is 9.88 Å². The van der Waals surface area contributed by atoms with Crippen LogP contribution in [0.5, 0.6) is 0 Å². The summed E-state index contributed by atoms with van der Waals surface area (Å²) in [5.74, 6) is -1.19. The van der Waals surface area contributed by atoms with Crippen molar-refractivity contribution in [3.8, 4) is 0 Å². The first-order chi connectivity index (χ1) is 13.3. The highest BCUT2D eigenvalue weighted by Crippen LogP contribution is 2.25. The average Bonchev–Trinajstić information content (AvgIpc) is 2.65. The summed E-state index contributed by atoms with van der Waals surface area (Å²) in [6.07, 6.45) is 2.98. The first kappa shape index (κ1) is 24.1.